The summed E-state index contributed by atoms with van der Waals surface area (Å²) in [7, 11) is 0. The minimum absolute atomic E-state index is 1.03. The number of hydrogen-bond donors (Lipinski definition) is 0. The minimum Gasteiger partial charge on any atom is -0.287 e. The van der Waals surface area contributed by atoms with Gasteiger partial charge in [0.2, 0.25) is 6.67 Å². The fourth-order valence-electron chi connectivity index (χ4n) is 1.29. The van der Waals surface area contributed by atoms with Crippen molar-refractivity contribution >= 4 is 6.21 Å². The van der Waals surface area contributed by atoms with Crippen LogP contribution in [0.25, 0.3) is 0 Å². The SMILES string of the molecule is CC[N+]1=Cc2cccn2C1. The van der Waals surface area contributed by atoms with E-state index in [2.05, 4.69) is 40.6 Å². The lowest BCUT2D eigenvalue weighted by molar-refractivity contribution is -0.544. The Morgan fingerprint density at radius 2 is 2.60 bits per heavy atom. The summed E-state index contributed by atoms with van der Waals surface area (Å²) in [5.74, 6) is 0. The van der Waals surface area contributed by atoms with Gasteiger partial charge in [-0.05, 0) is 19.1 Å². The topological polar surface area (TPSA) is 7.94 Å². The Labute approximate surface area is 60.4 Å². The third-order valence-electron chi connectivity index (χ3n) is 1.92. The van der Waals surface area contributed by atoms with Crippen LogP contribution in [0, 0.1) is 0 Å². The number of hydrogen-bond acceptors (Lipinski definition) is 0. The average molecular weight is 135 g/mol. The second-order valence-corrected chi connectivity index (χ2v) is 2.58. The van der Waals surface area contributed by atoms with Crippen molar-refractivity contribution in [2.24, 2.45) is 0 Å². The normalized spacial score (nSPS) is 15.1. The Kier molecular flexibility index (Phi) is 1.13. The van der Waals surface area contributed by atoms with Gasteiger partial charge < -0.3 is 0 Å². The first-order valence-corrected chi connectivity index (χ1v) is 3.64. The molecule has 0 aromatic carbocycles. The molecule has 0 N–H and O–H groups in total. The second kappa shape index (κ2) is 1.97. The van der Waals surface area contributed by atoms with Crippen molar-refractivity contribution in [2.75, 3.05) is 6.54 Å². The van der Waals surface area contributed by atoms with E-state index >= 15 is 0 Å². The molecule has 2 rings (SSSR count). The molecule has 1 aromatic heterocycles. The molecule has 2 nitrogen and oxygen atoms in total. The largest absolute Gasteiger partial charge is 0.287 e. The first-order chi connectivity index (χ1) is 4.90. The highest BCUT2D eigenvalue weighted by atomic mass is 15.2. The van der Waals surface area contributed by atoms with Gasteiger partial charge in [-0.15, -0.1) is 0 Å². The van der Waals surface area contributed by atoms with E-state index in [1.54, 1.807) is 0 Å². The van der Waals surface area contributed by atoms with Crippen LogP contribution in [0.5, 0.6) is 0 Å². The zero-order chi connectivity index (χ0) is 6.97. The Morgan fingerprint density at radius 3 is 3.30 bits per heavy atom. The van der Waals surface area contributed by atoms with Crippen LogP contribution < -0.4 is 0 Å². The smallest absolute Gasteiger partial charge is 0.222 e. The van der Waals surface area contributed by atoms with E-state index in [0.717, 1.165) is 13.2 Å². The molecule has 0 aliphatic carbocycles. The Hall–Kier alpha value is -1.05. The molecule has 1 aromatic rings. The molecule has 2 heteroatoms. The van der Waals surface area contributed by atoms with E-state index < -0.39 is 0 Å². The van der Waals surface area contributed by atoms with Crippen LogP contribution in [0.1, 0.15) is 12.6 Å². The van der Waals surface area contributed by atoms with Gasteiger partial charge in [-0.1, -0.05) is 0 Å². The van der Waals surface area contributed by atoms with E-state index in [1.807, 2.05) is 0 Å². The molecular weight excluding hydrogens is 124 g/mol. The molecule has 0 saturated heterocycles. The van der Waals surface area contributed by atoms with Gasteiger partial charge >= 0.3 is 0 Å². The zero-order valence-corrected chi connectivity index (χ0v) is 6.12. The third-order valence-corrected chi connectivity index (χ3v) is 1.92. The van der Waals surface area contributed by atoms with Crippen LogP contribution in [-0.2, 0) is 6.67 Å². The van der Waals surface area contributed by atoms with Crippen LogP contribution in [0.15, 0.2) is 18.3 Å². The molecule has 10 heavy (non-hydrogen) atoms. The van der Waals surface area contributed by atoms with Gasteiger partial charge in [-0.3, -0.25) is 4.57 Å². The van der Waals surface area contributed by atoms with Crippen LogP contribution in [-0.4, -0.2) is 21.9 Å². The maximum absolute atomic E-state index is 2.29. The van der Waals surface area contributed by atoms with Crippen molar-refractivity contribution in [3.63, 3.8) is 0 Å². The molecule has 1 aliphatic heterocycles. The average Bonchev–Trinajstić information content (AvgIpc) is 2.42. The molecule has 0 bridgehead atoms. The first kappa shape index (κ1) is 5.71. The molecule has 52 valence electrons. The van der Waals surface area contributed by atoms with Crippen molar-refractivity contribution < 1.29 is 4.58 Å². The lowest BCUT2D eigenvalue weighted by Crippen LogP contribution is -2.08. The molecule has 0 unspecified atom stereocenters. The van der Waals surface area contributed by atoms with Crippen LogP contribution in [0.2, 0.25) is 0 Å². The van der Waals surface area contributed by atoms with Crippen molar-refractivity contribution in [3.05, 3.63) is 24.0 Å². The van der Waals surface area contributed by atoms with E-state index in [4.69, 9.17) is 0 Å². The van der Waals surface area contributed by atoms with Crippen molar-refractivity contribution in [1.82, 2.24) is 4.57 Å². The molecule has 0 atom stereocenters. The predicted molar refractivity (Wildman–Crippen MR) is 40.4 cm³/mol. The van der Waals surface area contributed by atoms with E-state index in [0.29, 0.717) is 0 Å². The number of aromatic nitrogens is 1. The standard InChI is InChI=1S/C8H11N2/c1-2-9-6-8-4-3-5-10(8)7-9/h3-6H,2,7H2,1H3/q+1. The van der Waals surface area contributed by atoms with Crippen LogP contribution in [0.3, 0.4) is 0 Å². The Balaban J connectivity index is 2.36. The van der Waals surface area contributed by atoms with Crippen molar-refractivity contribution in [2.45, 2.75) is 13.6 Å². The summed E-state index contributed by atoms with van der Waals surface area (Å²) in [6, 6.07) is 4.22. The maximum atomic E-state index is 2.29. The summed E-state index contributed by atoms with van der Waals surface area (Å²) in [6.07, 6.45) is 4.31. The molecule has 0 fully saturated rings. The van der Waals surface area contributed by atoms with E-state index in [1.165, 1.54) is 5.69 Å². The summed E-state index contributed by atoms with van der Waals surface area (Å²) in [5, 5.41) is 0. The molecule has 0 spiro atoms. The monoisotopic (exact) mass is 135 g/mol. The molecule has 0 amide bonds. The molecule has 1 aliphatic rings. The summed E-state index contributed by atoms with van der Waals surface area (Å²) in [4.78, 5) is 0. The fourth-order valence-corrected chi connectivity index (χ4v) is 1.29. The quantitative estimate of drug-likeness (QED) is 0.506. The highest BCUT2D eigenvalue weighted by molar-refractivity contribution is 5.74. The molecule has 0 saturated carbocycles. The first-order valence-electron chi connectivity index (χ1n) is 3.64. The summed E-state index contributed by atoms with van der Waals surface area (Å²) >= 11 is 0. The van der Waals surface area contributed by atoms with Gasteiger partial charge in [0.25, 0.3) is 0 Å². The lowest BCUT2D eigenvalue weighted by Gasteiger charge is -1.92. The van der Waals surface area contributed by atoms with Gasteiger partial charge in [0.15, 0.2) is 6.21 Å². The minimum atomic E-state index is 1.03. The van der Waals surface area contributed by atoms with Gasteiger partial charge in [-0.25, -0.2) is 4.58 Å². The third kappa shape index (κ3) is 0.685. The number of rotatable bonds is 1. The highest BCUT2D eigenvalue weighted by Gasteiger charge is 2.13. The van der Waals surface area contributed by atoms with Gasteiger partial charge in [0, 0.05) is 6.20 Å². The highest BCUT2D eigenvalue weighted by Crippen LogP contribution is 2.04. The predicted octanol–water partition coefficient (Wildman–Crippen LogP) is 0.910. The summed E-state index contributed by atoms with van der Waals surface area (Å²) in [6.45, 7) is 4.30. The van der Waals surface area contributed by atoms with Crippen LogP contribution >= 0.6 is 0 Å². The lowest BCUT2D eigenvalue weighted by atomic mass is 10.5. The van der Waals surface area contributed by atoms with E-state index in [9.17, 15) is 0 Å². The summed E-state index contributed by atoms with van der Waals surface area (Å²) in [5.41, 5.74) is 1.32. The van der Waals surface area contributed by atoms with Gasteiger partial charge in [-0.2, -0.15) is 0 Å². The number of fused-ring (bicyclic) bond motifs is 1. The van der Waals surface area contributed by atoms with Crippen molar-refractivity contribution in [1.29, 1.82) is 0 Å². The zero-order valence-electron chi connectivity index (χ0n) is 6.12. The fraction of sp³-hybridized carbons (Fsp3) is 0.375. The number of nitrogens with zero attached hydrogens (tertiary/aromatic N) is 2. The van der Waals surface area contributed by atoms with Gasteiger partial charge in [0.05, 0.1) is 0 Å². The van der Waals surface area contributed by atoms with Crippen LogP contribution in [0.4, 0.5) is 0 Å². The van der Waals surface area contributed by atoms with E-state index in [-0.39, 0.29) is 0 Å². The summed E-state index contributed by atoms with van der Waals surface area (Å²) < 4.78 is 4.53. The maximum Gasteiger partial charge on any atom is 0.222 e. The molecular formula is C8H11N2+. The Morgan fingerprint density at radius 1 is 1.70 bits per heavy atom. The van der Waals surface area contributed by atoms with Gasteiger partial charge in [0.1, 0.15) is 12.2 Å². The van der Waals surface area contributed by atoms with Crippen molar-refractivity contribution in [3.8, 4) is 0 Å². The molecule has 0 radical (unpaired) electrons. The Bertz CT molecular complexity index is 271. The second-order valence-electron chi connectivity index (χ2n) is 2.58. The molecule has 2 heterocycles.